The van der Waals surface area contributed by atoms with E-state index in [0.717, 1.165) is 5.69 Å². The number of hydrogen-bond donors (Lipinski definition) is 0. The van der Waals surface area contributed by atoms with Gasteiger partial charge in [-0.3, -0.25) is 0 Å². The lowest BCUT2D eigenvalue weighted by atomic mass is 10.3. The number of hydrogen-bond acceptors (Lipinski definition) is 4. The normalized spacial score (nSPS) is 11.6. The first kappa shape index (κ1) is 16.2. The SMILES string of the molecule is CCN(c1ccccc1)C(C)OC(=O)Oc1cccc(Cl)c1. The van der Waals surface area contributed by atoms with E-state index in [-0.39, 0.29) is 0 Å². The molecule has 1 atom stereocenters. The van der Waals surface area contributed by atoms with Crippen LogP contribution in [0.3, 0.4) is 0 Å². The van der Waals surface area contributed by atoms with Crippen LogP contribution in [0.2, 0.25) is 5.02 Å². The van der Waals surface area contributed by atoms with Gasteiger partial charge in [0.25, 0.3) is 0 Å². The molecule has 5 heteroatoms. The van der Waals surface area contributed by atoms with Gasteiger partial charge in [-0.15, -0.1) is 0 Å². The lowest BCUT2D eigenvalue weighted by Crippen LogP contribution is -2.37. The molecule has 4 nitrogen and oxygen atoms in total. The van der Waals surface area contributed by atoms with Crippen LogP contribution in [0, 0.1) is 0 Å². The summed E-state index contributed by atoms with van der Waals surface area (Å²) < 4.78 is 10.4. The van der Waals surface area contributed by atoms with Crippen molar-refractivity contribution in [2.45, 2.75) is 20.1 Å². The highest BCUT2D eigenvalue weighted by Gasteiger charge is 2.18. The van der Waals surface area contributed by atoms with E-state index in [4.69, 9.17) is 21.1 Å². The molecule has 0 aliphatic rings. The molecule has 0 heterocycles. The third kappa shape index (κ3) is 4.40. The van der Waals surface area contributed by atoms with Crippen molar-refractivity contribution in [3.05, 3.63) is 59.6 Å². The topological polar surface area (TPSA) is 38.8 Å². The first-order chi connectivity index (χ1) is 10.6. The molecule has 0 saturated heterocycles. The molecule has 2 rings (SSSR count). The van der Waals surface area contributed by atoms with E-state index in [9.17, 15) is 4.79 Å². The van der Waals surface area contributed by atoms with Gasteiger partial charge in [0.05, 0.1) is 0 Å². The fraction of sp³-hybridized carbons (Fsp3) is 0.235. The van der Waals surface area contributed by atoms with Crippen LogP contribution < -0.4 is 9.64 Å². The van der Waals surface area contributed by atoms with Gasteiger partial charge in [-0.25, -0.2) is 4.79 Å². The number of rotatable bonds is 5. The molecule has 0 spiro atoms. The molecule has 0 aliphatic heterocycles. The van der Waals surface area contributed by atoms with Crippen LogP contribution in [0.1, 0.15) is 13.8 Å². The Morgan fingerprint density at radius 1 is 1.18 bits per heavy atom. The van der Waals surface area contributed by atoms with Crippen LogP contribution in [0.4, 0.5) is 10.5 Å². The number of ether oxygens (including phenoxy) is 2. The molecule has 0 aromatic heterocycles. The van der Waals surface area contributed by atoms with Gasteiger partial charge in [0.2, 0.25) is 0 Å². The van der Waals surface area contributed by atoms with Gasteiger partial charge in [-0.2, -0.15) is 0 Å². The highest BCUT2D eigenvalue weighted by atomic mass is 35.5. The van der Waals surface area contributed by atoms with Crippen LogP contribution >= 0.6 is 11.6 Å². The zero-order valence-corrected chi connectivity index (χ0v) is 13.3. The van der Waals surface area contributed by atoms with Crippen LogP contribution in [0.15, 0.2) is 54.6 Å². The van der Waals surface area contributed by atoms with Crippen molar-refractivity contribution in [3.8, 4) is 5.75 Å². The number of carbonyl (C=O) groups excluding carboxylic acids is 1. The third-order valence-electron chi connectivity index (χ3n) is 3.13. The Hall–Kier alpha value is -2.20. The fourth-order valence-electron chi connectivity index (χ4n) is 2.12. The predicted octanol–water partition coefficient (Wildman–Crippen LogP) is 4.73. The Morgan fingerprint density at radius 2 is 1.91 bits per heavy atom. The van der Waals surface area contributed by atoms with Crippen LogP contribution in [-0.2, 0) is 4.74 Å². The molecule has 0 saturated carbocycles. The van der Waals surface area contributed by atoms with Crippen LogP contribution in [-0.4, -0.2) is 18.9 Å². The van der Waals surface area contributed by atoms with E-state index < -0.39 is 12.4 Å². The second-order valence-electron chi connectivity index (χ2n) is 4.65. The number of benzene rings is 2. The smallest absolute Gasteiger partial charge is 0.410 e. The summed E-state index contributed by atoms with van der Waals surface area (Å²) in [5.74, 6) is 0.354. The molecule has 0 radical (unpaired) electrons. The third-order valence-corrected chi connectivity index (χ3v) is 3.37. The summed E-state index contributed by atoms with van der Waals surface area (Å²) in [6.07, 6.45) is -1.21. The zero-order chi connectivity index (χ0) is 15.9. The van der Waals surface area contributed by atoms with Crippen molar-refractivity contribution in [1.29, 1.82) is 0 Å². The molecule has 2 aromatic rings. The van der Waals surface area contributed by atoms with Gasteiger partial charge in [0.1, 0.15) is 5.75 Å². The van der Waals surface area contributed by atoms with E-state index in [2.05, 4.69) is 0 Å². The Kier molecular flexibility index (Phi) is 5.67. The van der Waals surface area contributed by atoms with E-state index in [1.54, 1.807) is 31.2 Å². The summed E-state index contributed by atoms with van der Waals surface area (Å²) in [6.45, 7) is 4.50. The molecule has 0 aliphatic carbocycles. The summed E-state index contributed by atoms with van der Waals surface area (Å²) in [7, 11) is 0. The highest BCUT2D eigenvalue weighted by Crippen LogP contribution is 2.19. The highest BCUT2D eigenvalue weighted by molar-refractivity contribution is 6.30. The van der Waals surface area contributed by atoms with Gasteiger partial charge < -0.3 is 14.4 Å². The van der Waals surface area contributed by atoms with Crippen molar-refractivity contribution < 1.29 is 14.3 Å². The molecular weight excluding hydrogens is 302 g/mol. The first-order valence-corrected chi connectivity index (χ1v) is 7.43. The second-order valence-corrected chi connectivity index (χ2v) is 5.08. The minimum atomic E-state index is -0.760. The fourth-order valence-corrected chi connectivity index (χ4v) is 2.30. The summed E-state index contributed by atoms with van der Waals surface area (Å²) in [5.41, 5.74) is 0.980. The van der Waals surface area contributed by atoms with Crippen molar-refractivity contribution in [2.24, 2.45) is 0 Å². The number of halogens is 1. The molecule has 1 unspecified atom stereocenters. The first-order valence-electron chi connectivity index (χ1n) is 7.06. The van der Waals surface area contributed by atoms with E-state index >= 15 is 0 Å². The minimum absolute atomic E-state index is 0.354. The molecule has 116 valence electrons. The molecular formula is C17H18ClNO3. The Morgan fingerprint density at radius 3 is 2.55 bits per heavy atom. The summed E-state index contributed by atoms with van der Waals surface area (Å²) in [6, 6.07) is 16.4. The van der Waals surface area contributed by atoms with Gasteiger partial charge in [0.15, 0.2) is 6.23 Å². The van der Waals surface area contributed by atoms with Crippen molar-refractivity contribution >= 4 is 23.4 Å². The summed E-state index contributed by atoms with van der Waals surface area (Å²) in [5, 5.41) is 0.498. The number of carbonyl (C=O) groups is 1. The van der Waals surface area contributed by atoms with E-state index in [0.29, 0.717) is 17.3 Å². The van der Waals surface area contributed by atoms with Gasteiger partial charge >= 0.3 is 6.16 Å². The number of anilines is 1. The average molecular weight is 320 g/mol. The van der Waals surface area contributed by atoms with Gasteiger partial charge in [-0.05, 0) is 44.2 Å². The van der Waals surface area contributed by atoms with Crippen LogP contribution in [0.5, 0.6) is 5.75 Å². The van der Waals surface area contributed by atoms with Crippen LogP contribution in [0.25, 0.3) is 0 Å². The Balaban J connectivity index is 1.98. The van der Waals surface area contributed by atoms with Crippen molar-refractivity contribution in [3.63, 3.8) is 0 Å². The maximum Gasteiger partial charge on any atom is 0.515 e. The van der Waals surface area contributed by atoms with E-state index in [1.807, 2.05) is 42.2 Å². The lowest BCUT2D eigenvalue weighted by Gasteiger charge is -2.29. The molecule has 22 heavy (non-hydrogen) atoms. The van der Waals surface area contributed by atoms with Gasteiger partial charge in [0, 0.05) is 17.3 Å². The lowest BCUT2D eigenvalue weighted by molar-refractivity contribution is 0.0645. The maximum atomic E-state index is 11.9. The zero-order valence-electron chi connectivity index (χ0n) is 12.5. The molecule has 0 bridgehead atoms. The second kappa shape index (κ2) is 7.71. The predicted molar refractivity (Wildman–Crippen MR) is 87.5 cm³/mol. The van der Waals surface area contributed by atoms with Crippen molar-refractivity contribution in [2.75, 3.05) is 11.4 Å². The molecule has 2 aromatic carbocycles. The van der Waals surface area contributed by atoms with Crippen molar-refractivity contribution in [1.82, 2.24) is 0 Å². The standard InChI is InChI=1S/C17H18ClNO3/c1-3-19(15-9-5-4-6-10-15)13(2)21-17(20)22-16-11-7-8-14(18)12-16/h4-13H,3H2,1-2H3. The molecule has 0 amide bonds. The number of para-hydroxylation sites is 1. The average Bonchev–Trinajstić information content (AvgIpc) is 2.49. The molecule has 0 fully saturated rings. The largest absolute Gasteiger partial charge is 0.515 e. The summed E-state index contributed by atoms with van der Waals surface area (Å²) in [4.78, 5) is 13.8. The maximum absolute atomic E-state index is 11.9. The van der Waals surface area contributed by atoms with E-state index in [1.165, 1.54) is 0 Å². The Labute approximate surface area is 135 Å². The minimum Gasteiger partial charge on any atom is -0.410 e. The monoisotopic (exact) mass is 319 g/mol. The number of nitrogens with zero attached hydrogens (tertiary/aromatic N) is 1. The molecule has 0 N–H and O–H groups in total. The van der Waals surface area contributed by atoms with Gasteiger partial charge in [-0.1, -0.05) is 35.9 Å². The summed E-state index contributed by atoms with van der Waals surface area (Å²) >= 11 is 5.85. The Bertz CT molecular complexity index is 618. The quantitative estimate of drug-likeness (QED) is 0.454.